The van der Waals surface area contributed by atoms with Gasteiger partial charge in [-0.2, -0.15) is 0 Å². The van der Waals surface area contributed by atoms with Crippen LogP contribution in [0.15, 0.2) is 48.5 Å². The summed E-state index contributed by atoms with van der Waals surface area (Å²) in [7, 11) is 0. The first-order valence-electron chi connectivity index (χ1n) is 11.5. The highest BCUT2D eigenvalue weighted by Gasteiger charge is 2.10. The molecule has 0 fully saturated rings. The van der Waals surface area contributed by atoms with Crippen molar-refractivity contribution in [2.75, 3.05) is 13.2 Å². The third-order valence-corrected chi connectivity index (χ3v) is 5.45. The van der Waals surface area contributed by atoms with Gasteiger partial charge in [0.15, 0.2) is 0 Å². The highest BCUT2D eigenvalue weighted by atomic mass is 16.5. The Hall–Kier alpha value is -2.82. The largest absolute Gasteiger partial charge is 0.494 e. The summed E-state index contributed by atoms with van der Waals surface area (Å²) in [5.41, 5.74) is 3.51. The Bertz CT molecular complexity index is 960. The van der Waals surface area contributed by atoms with E-state index >= 15 is 0 Å². The standard InChI is InChI=1S/C26H35N3O2/c1-4-9-26(30)27-17-7-12-25-28-23-10-5-6-11-24(23)29(25)18-8-19-31-22-15-13-21(14-16-22)20(2)3/h5-6,10-11,13-16,20H,4,7-9,12,17-19H2,1-3H3,(H,27,30). The van der Waals surface area contributed by atoms with Crippen LogP contribution in [0.3, 0.4) is 0 Å². The lowest BCUT2D eigenvalue weighted by Crippen LogP contribution is -2.24. The number of imidazole rings is 1. The minimum atomic E-state index is 0.134. The second-order valence-electron chi connectivity index (χ2n) is 8.30. The molecule has 0 bridgehead atoms. The van der Waals surface area contributed by atoms with Gasteiger partial charge in [0.05, 0.1) is 17.6 Å². The molecule has 0 aliphatic heterocycles. The van der Waals surface area contributed by atoms with E-state index in [-0.39, 0.29) is 5.91 Å². The van der Waals surface area contributed by atoms with Crippen LogP contribution >= 0.6 is 0 Å². The molecule has 1 aromatic heterocycles. The summed E-state index contributed by atoms with van der Waals surface area (Å²) in [5.74, 6) is 2.66. The molecule has 31 heavy (non-hydrogen) atoms. The number of nitrogens with zero attached hydrogens (tertiary/aromatic N) is 2. The maximum absolute atomic E-state index is 11.7. The molecule has 0 radical (unpaired) electrons. The van der Waals surface area contributed by atoms with Gasteiger partial charge in [-0.05, 0) is 55.0 Å². The number of amides is 1. The van der Waals surface area contributed by atoms with Crippen molar-refractivity contribution in [1.82, 2.24) is 14.9 Å². The first-order valence-corrected chi connectivity index (χ1v) is 11.5. The smallest absolute Gasteiger partial charge is 0.219 e. The molecule has 3 rings (SSSR count). The van der Waals surface area contributed by atoms with Gasteiger partial charge >= 0.3 is 0 Å². The molecule has 0 aliphatic rings. The fourth-order valence-corrected chi connectivity index (χ4v) is 3.72. The van der Waals surface area contributed by atoms with Crippen LogP contribution in [-0.2, 0) is 17.8 Å². The lowest BCUT2D eigenvalue weighted by molar-refractivity contribution is -0.121. The molecule has 0 spiro atoms. The van der Waals surface area contributed by atoms with Crippen molar-refractivity contribution in [3.8, 4) is 5.75 Å². The summed E-state index contributed by atoms with van der Waals surface area (Å²) in [6, 6.07) is 16.7. The SMILES string of the molecule is CCCC(=O)NCCCc1nc2ccccc2n1CCCOc1ccc(C(C)C)cc1. The van der Waals surface area contributed by atoms with E-state index in [4.69, 9.17) is 9.72 Å². The predicted molar refractivity (Wildman–Crippen MR) is 127 cm³/mol. The molecule has 1 heterocycles. The number of benzene rings is 2. The molecule has 0 atom stereocenters. The molecular formula is C26H35N3O2. The van der Waals surface area contributed by atoms with E-state index in [1.807, 2.05) is 13.0 Å². The number of fused-ring (bicyclic) bond motifs is 1. The van der Waals surface area contributed by atoms with Crippen LogP contribution < -0.4 is 10.1 Å². The van der Waals surface area contributed by atoms with Crippen LogP contribution in [0.5, 0.6) is 5.75 Å². The van der Waals surface area contributed by atoms with Crippen LogP contribution in [-0.4, -0.2) is 28.6 Å². The average molecular weight is 422 g/mol. The molecule has 5 heteroatoms. The van der Waals surface area contributed by atoms with Crippen LogP contribution in [0.2, 0.25) is 0 Å². The van der Waals surface area contributed by atoms with E-state index in [0.29, 0.717) is 25.5 Å². The third-order valence-electron chi connectivity index (χ3n) is 5.45. The summed E-state index contributed by atoms with van der Waals surface area (Å²) >= 11 is 0. The summed E-state index contributed by atoms with van der Waals surface area (Å²) in [6.45, 7) is 8.63. The Morgan fingerprint density at radius 2 is 1.87 bits per heavy atom. The minimum Gasteiger partial charge on any atom is -0.494 e. The summed E-state index contributed by atoms with van der Waals surface area (Å²) < 4.78 is 8.26. The van der Waals surface area contributed by atoms with E-state index in [0.717, 1.165) is 54.8 Å². The fraction of sp³-hybridized carbons (Fsp3) is 0.462. The number of nitrogens with one attached hydrogen (secondary N) is 1. The van der Waals surface area contributed by atoms with Crippen LogP contribution in [0.4, 0.5) is 0 Å². The second-order valence-corrected chi connectivity index (χ2v) is 8.30. The van der Waals surface area contributed by atoms with Gasteiger partial charge in [0.25, 0.3) is 0 Å². The average Bonchev–Trinajstić information content (AvgIpc) is 3.12. The number of hydrogen-bond donors (Lipinski definition) is 1. The van der Waals surface area contributed by atoms with Gasteiger partial charge in [-0.1, -0.05) is 45.0 Å². The van der Waals surface area contributed by atoms with Gasteiger partial charge in [-0.15, -0.1) is 0 Å². The van der Waals surface area contributed by atoms with Crippen molar-refractivity contribution < 1.29 is 9.53 Å². The number of para-hydroxylation sites is 2. The molecular weight excluding hydrogens is 386 g/mol. The van der Waals surface area contributed by atoms with E-state index in [1.54, 1.807) is 0 Å². The van der Waals surface area contributed by atoms with Crippen LogP contribution in [0.25, 0.3) is 11.0 Å². The number of aromatic nitrogens is 2. The Kier molecular flexibility index (Phi) is 8.51. The van der Waals surface area contributed by atoms with Crippen molar-refractivity contribution in [1.29, 1.82) is 0 Å². The number of hydrogen-bond acceptors (Lipinski definition) is 3. The van der Waals surface area contributed by atoms with Crippen molar-refractivity contribution in [3.05, 3.63) is 59.9 Å². The summed E-state index contributed by atoms with van der Waals surface area (Å²) in [6.07, 6.45) is 4.12. The Labute approximate surface area is 185 Å². The minimum absolute atomic E-state index is 0.134. The second kappa shape index (κ2) is 11.5. The molecule has 166 valence electrons. The maximum Gasteiger partial charge on any atom is 0.219 e. The number of ether oxygens (including phenoxy) is 1. The van der Waals surface area contributed by atoms with Gasteiger partial charge in [-0.25, -0.2) is 4.98 Å². The van der Waals surface area contributed by atoms with E-state index < -0.39 is 0 Å². The van der Waals surface area contributed by atoms with Gasteiger partial charge in [0.2, 0.25) is 5.91 Å². The normalized spacial score (nSPS) is 11.2. The fourth-order valence-electron chi connectivity index (χ4n) is 3.72. The first kappa shape index (κ1) is 22.9. The zero-order valence-corrected chi connectivity index (χ0v) is 19.1. The molecule has 0 saturated carbocycles. The van der Waals surface area contributed by atoms with Gasteiger partial charge in [-0.3, -0.25) is 4.79 Å². The quantitative estimate of drug-likeness (QED) is 0.394. The lowest BCUT2D eigenvalue weighted by atomic mass is 10.0. The number of aryl methyl sites for hydroxylation is 2. The lowest BCUT2D eigenvalue weighted by Gasteiger charge is -2.11. The molecule has 3 aromatic rings. The summed E-state index contributed by atoms with van der Waals surface area (Å²) in [5, 5.41) is 2.99. The zero-order valence-electron chi connectivity index (χ0n) is 19.1. The van der Waals surface area contributed by atoms with Gasteiger partial charge in [0.1, 0.15) is 11.6 Å². The van der Waals surface area contributed by atoms with E-state index in [1.165, 1.54) is 5.56 Å². The molecule has 0 unspecified atom stereocenters. The summed E-state index contributed by atoms with van der Waals surface area (Å²) in [4.78, 5) is 16.5. The van der Waals surface area contributed by atoms with Crippen LogP contribution in [0.1, 0.15) is 63.8 Å². The van der Waals surface area contributed by atoms with E-state index in [2.05, 4.69) is 66.2 Å². The monoisotopic (exact) mass is 421 g/mol. The van der Waals surface area contributed by atoms with Crippen molar-refractivity contribution in [2.24, 2.45) is 0 Å². The van der Waals surface area contributed by atoms with Gasteiger partial charge < -0.3 is 14.6 Å². The molecule has 1 N–H and O–H groups in total. The Morgan fingerprint density at radius 1 is 1.10 bits per heavy atom. The predicted octanol–water partition coefficient (Wildman–Crippen LogP) is 5.48. The third kappa shape index (κ3) is 6.58. The van der Waals surface area contributed by atoms with Crippen molar-refractivity contribution in [2.45, 2.75) is 65.3 Å². The Morgan fingerprint density at radius 3 is 2.61 bits per heavy atom. The molecule has 2 aromatic carbocycles. The molecule has 1 amide bonds. The molecule has 0 aliphatic carbocycles. The highest BCUT2D eigenvalue weighted by molar-refractivity contribution is 5.76. The molecule has 0 saturated heterocycles. The number of rotatable bonds is 12. The number of carbonyl (C=O) groups is 1. The first-order chi connectivity index (χ1) is 15.1. The van der Waals surface area contributed by atoms with Gasteiger partial charge in [0, 0.05) is 25.9 Å². The highest BCUT2D eigenvalue weighted by Crippen LogP contribution is 2.20. The Balaban J connectivity index is 1.54. The van der Waals surface area contributed by atoms with E-state index in [9.17, 15) is 4.79 Å². The molecule has 5 nitrogen and oxygen atoms in total. The number of carbonyl (C=O) groups excluding carboxylic acids is 1. The topological polar surface area (TPSA) is 56.2 Å². The zero-order chi connectivity index (χ0) is 22.1. The van der Waals surface area contributed by atoms with Crippen molar-refractivity contribution in [3.63, 3.8) is 0 Å². The maximum atomic E-state index is 11.7. The van der Waals surface area contributed by atoms with Crippen molar-refractivity contribution >= 4 is 16.9 Å². The van der Waals surface area contributed by atoms with Crippen LogP contribution in [0, 0.1) is 0 Å².